The molecular weight excluding hydrogens is 226 g/mol. The molecule has 0 fully saturated rings. The summed E-state index contributed by atoms with van der Waals surface area (Å²) in [5.74, 6) is -0.0890. The molecule has 0 heterocycles. The number of aliphatic hydroxyl groups excluding tert-OH is 1. The molecule has 0 spiro atoms. The monoisotopic (exact) mass is 249 g/mol. The Morgan fingerprint density at radius 1 is 1.22 bits per heavy atom. The fourth-order valence-corrected chi connectivity index (χ4v) is 2.22. The lowest BCUT2D eigenvalue weighted by Crippen LogP contribution is -2.32. The van der Waals surface area contributed by atoms with Crippen LogP contribution >= 0.6 is 0 Å². The maximum Gasteiger partial charge on any atom is 0.222 e. The molecule has 1 aromatic carbocycles. The van der Waals surface area contributed by atoms with E-state index in [1.165, 1.54) is 5.56 Å². The molecule has 1 amide bonds. The molecule has 0 saturated heterocycles. The molecular formula is C15H23NO2. The van der Waals surface area contributed by atoms with Crippen LogP contribution in [0.5, 0.6) is 0 Å². The number of hydrogen-bond acceptors (Lipinski definition) is 2. The van der Waals surface area contributed by atoms with Crippen LogP contribution in [-0.4, -0.2) is 17.6 Å². The summed E-state index contributed by atoms with van der Waals surface area (Å²) < 4.78 is 0. The van der Waals surface area contributed by atoms with Crippen molar-refractivity contribution >= 4 is 5.91 Å². The van der Waals surface area contributed by atoms with Crippen LogP contribution in [0, 0.1) is 26.7 Å². The Bertz CT molecular complexity index is 415. The predicted molar refractivity (Wildman–Crippen MR) is 73.5 cm³/mol. The minimum absolute atomic E-state index is 0.0310. The summed E-state index contributed by atoms with van der Waals surface area (Å²) in [5.41, 5.74) is 4.24. The van der Waals surface area contributed by atoms with Crippen molar-refractivity contribution < 1.29 is 9.90 Å². The van der Waals surface area contributed by atoms with Crippen molar-refractivity contribution in [2.24, 2.45) is 5.92 Å². The number of aryl methyl sites for hydroxylation is 3. The lowest BCUT2D eigenvalue weighted by Gasteiger charge is -2.18. The molecule has 0 aromatic heterocycles. The van der Waals surface area contributed by atoms with Gasteiger partial charge in [0.05, 0.1) is 6.10 Å². The third kappa shape index (κ3) is 3.57. The van der Waals surface area contributed by atoms with Gasteiger partial charge in [-0.05, 0) is 37.5 Å². The number of carbonyl (C=O) groups is 1. The van der Waals surface area contributed by atoms with E-state index >= 15 is 0 Å². The Morgan fingerprint density at radius 2 is 1.72 bits per heavy atom. The number of amides is 1. The van der Waals surface area contributed by atoms with Crippen molar-refractivity contribution in [2.45, 2.75) is 40.7 Å². The highest BCUT2D eigenvalue weighted by atomic mass is 16.3. The molecule has 0 saturated carbocycles. The Morgan fingerprint density at radius 3 is 2.17 bits per heavy atom. The molecule has 0 bridgehead atoms. The average molecular weight is 249 g/mol. The molecule has 0 aliphatic carbocycles. The van der Waals surface area contributed by atoms with Crippen molar-refractivity contribution in [1.29, 1.82) is 0 Å². The maximum atomic E-state index is 11.5. The van der Waals surface area contributed by atoms with Crippen molar-refractivity contribution in [3.8, 4) is 0 Å². The molecule has 0 aliphatic rings. The van der Waals surface area contributed by atoms with Gasteiger partial charge in [-0.3, -0.25) is 4.79 Å². The van der Waals surface area contributed by atoms with Gasteiger partial charge in [0.1, 0.15) is 0 Å². The van der Waals surface area contributed by atoms with Crippen LogP contribution in [0.15, 0.2) is 12.1 Å². The van der Waals surface area contributed by atoms with Gasteiger partial charge >= 0.3 is 0 Å². The first kappa shape index (κ1) is 14.7. The van der Waals surface area contributed by atoms with Crippen molar-refractivity contribution in [2.75, 3.05) is 6.54 Å². The van der Waals surface area contributed by atoms with Crippen LogP contribution in [0.25, 0.3) is 0 Å². The molecule has 1 aromatic rings. The molecule has 1 rings (SSSR count). The van der Waals surface area contributed by atoms with Crippen LogP contribution in [-0.2, 0) is 4.79 Å². The number of carbonyl (C=O) groups excluding carboxylic acids is 1. The Labute approximate surface area is 109 Å². The SMILES string of the molecule is Cc1cc(C)c(C(O)CNC(=O)C(C)C)c(C)c1. The van der Waals surface area contributed by atoms with E-state index in [1.807, 2.05) is 34.6 Å². The van der Waals surface area contributed by atoms with E-state index in [1.54, 1.807) is 0 Å². The number of rotatable bonds is 4. The molecule has 3 heteroatoms. The first-order chi connectivity index (χ1) is 8.32. The van der Waals surface area contributed by atoms with Gasteiger partial charge in [0.15, 0.2) is 0 Å². The van der Waals surface area contributed by atoms with E-state index in [4.69, 9.17) is 0 Å². The second kappa shape index (κ2) is 6.01. The quantitative estimate of drug-likeness (QED) is 0.861. The standard InChI is InChI=1S/C15H23NO2/c1-9(2)15(18)16-8-13(17)14-11(4)6-10(3)7-12(14)5/h6-7,9,13,17H,8H2,1-5H3,(H,16,18). The largest absolute Gasteiger partial charge is 0.387 e. The van der Waals surface area contributed by atoms with Gasteiger partial charge in [-0.25, -0.2) is 0 Å². The summed E-state index contributed by atoms with van der Waals surface area (Å²) in [4.78, 5) is 11.5. The van der Waals surface area contributed by atoms with Crippen LogP contribution in [0.2, 0.25) is 0 Å². The van der Waals surface area contributed by atoms with Gasteiger partial charge < -0.3 is 10.4 Å². The third-order valence-electron chi connectivity index (χ3n) is 3.07. The second-order valence-corrected chi connectivity index (χ2v) is 5.23. The van der Waals surface area contributed by atoms with Gasteiger partial charge in [0.2, 0.25) is 5.91 Å². The molecule has 18 heavy (non-hydrogen) atoms. The third-order valence-corrected chi connectivity index (χ3v) is 3.07. The smallest absolute Gasteiger partial charge is 0.222 e. The molecule has 3 nitrogen and oxygen atoms in total. The Hall–Kier alpha value is -1.35. The van der Waals surface area contributed by atoms with Crippen LogP contribution in [0.3, 0.4) is 0 Å². The highest BCUT2D eigenvalue weighted by Crippen LogP contribution is 2.23. The Kier molecular flexibility index (Phi) is 4.91. The summed E-state index contributed by atoms with van der Waals surface area (Å²) in [6, 6.07) is 4.10. The zero-order valence-corrected chi connectivity index (χ0v) is 11.9. The van der Waals surface area contributed by atoms with E-state index in [0.29, 0.717) is 0 Å². The topological polar surface area (TPSA) is 49.3 Å². The number of benzene rings is 1. The molecule has 1 atom stereocenters. The highest BCUT2D eigenvalue weighted by molar-refractivity contribution is 5.77. The Balaban J connectivity index is 2.79. The highest BCUT2D eigenvalue weighted by Gasteiger charge is 2.15. The molecule has 1 unspecified atom stereocenters. The number of aliphatic hydroxyl groups is 1. The lowest BCUT2D eigenvalue weighted by atomic mass is 9.95. The summed E-state index contributed by atoms with van der Waals surface area (Å²) in [7, 11) is 0. The normalized spacial score (nSPS) is 12.6. The summed E-state index contributed by atoms with van der Waals surface area (Å²) in [6.45, 7) is 9.96. The molecule has 100 valence electrons. The maximum absolute atomic E-state index is 11.5. The van der Waals surface area contributed by atoms with Gasteiger partial charge in [-0.2, -0.15) is 0 Å². The van der Waals surface area contributed by atoms with Gasteiger partial charge in [0, 0.05) is 12.5 Å². The molecule has 0 radical (unpaired) electrons. The first-order valence-electron chi connectivity index (χ1n) is 6.36. The van der Waals surface area contributed by atoms with Gasteiger partial charge in [-0.15, -0.1) is 0 Å². The summed E-state index contributed by atoms with van der Waals surface area (Å²) in [6.07, 6.45) is -0.645. The van der Waals surface area contributed by atoms with Crippen LogP contribution in [0.4, 0.5) is 0 Å². The zero-order valence-electron chi connectivity index (χ0n) is 11.9. The van der Waals surface area contributed by atoms with Crippen LogP contribution < -0.4 is 5.32 Å². The minimum atomic E-state index is -0.645. The van der Waals surface area contributed by atoms with E-state index in [-0.39, 0.29) is 18.4 Å². The molecule has 0 aliphatic heterocycles. The minimum Gasteiger partial charge on any atom is -0.387 e. The fraction of sp³-hybridized carbons (Fsp3) is 0.533. The lowest BCUT2D eigenvalue weighted by molar-refractivity contribution is -0.124. The van der Waals surface area contributed by atoms with Crippen molar-refractivity contribution in [3.63, 3.8) is 0 Å². The first-order valence-corrected chi connectivity index (χ1v) is 6.36. The number of hydrogen-bond donors (Lipinski definition) is 2. The van der Waals surface area contributed by atoms with Crippen LogP contribution in [0.1, 0.15) is 42.2 Å². The van der Waals surface area contributed by atoms with Gasteiger partial charge in [-0.1, -0.05) is 31.5 Å². The zero-order chi connectivity index (χ0) is 13.9. The molecule has 2 N–H and O–H groups in total. The fourth-order valence-electron chi connectivity index (χ4n) is 2.22. The van der Waals surface area contributed by atoms with E-state index in [9.17, 15) is 9.90 Å². The van der Waals surface area contributed by atoms with Gasteiger partial charge in [0.25, 0.3) is 0 Å². The van der Waals surface area contributed by atoms with Crippen molar-refractivity contribution in [3.05, 3.63) is 34.4 Å². The van der Waals surface area contributed by atoms with E-state index in [2.05, 4.69) is 17.4 Å². The van der Waals surface area contributed by atoms with E-state index < -0.39 is 6.10 Å². The summed E-state index contributed by atoms with van der Waals surface area (Å²) >= 11 is 0. The van der Waals surface area contributed by atoms with Crippen molar-refractivity contribution in [1.82, 2.24) is 5.32 Å². The predicted octanol–water partition coefficient (Wildman–Crippen LogP) is 2.42. The summed E-state index contributed by atoms with van der Waals surface area (Å²) in [5, 5.41) is 12.9. The number of nitrogens with one attached hydrogen (secondary N) is 1. The average Bonchev–Trinajstić information content (AvgIpc) is 2.24. The second-order valence-electron chi connectivity index (χ2n) is 5.23. The van der Waals surface area contributed by atoms with E-state index in [0.717, 1.165) is 16.7 Å².